The van der Waals surface area contributed by atoms with E-state index >= 15 is 0 Å². The van der Waals surface area contributed by atoms with E-state index in [2.05, 4.69) is 44.0 Å². The number of nitrogens with zero attached hydrogens (tertiary/aromatic N) is 6. The number of rotatable bonds is 6. The minimum Gasteiger partial charge on any atom is -0.356 e. The van der Waals surface area contributed by atoms with E-state index in [0.717, 1.165) is 43.4 Å². The van der Waals surface area contributed by atoms with E-state index < -0.39 is 0 Å². The second-order valence-electron chi connectivity index (χ2n) is 8.65. The molecule has 3 rings (SSSR count). The second-order valence-corrected chi connectivity index (χ2v) is 8.65. The van der Waals surface area contributed by atoms with Crippen molar-refractivity contribution in [1.82, 2.24) is 25.1 Å². The summed E-state index contributed by atoms with van der Waals surface area (Å²) in [7, 11) is 3.91. The summed E-state index contributed by atoms with van der Waals surface area (Å²) >= 11 is 0. The van der Waals surface area contributed by atoms with Crippen LogP contribution in [0, 0.1) is 11.8 Å². The van der Waals surface area contributed by atoms with Gasteiger partial charge in [-0.1, -0.05) is 19.8 Å². The molecule has 8 heteroatoms. The second kappa shape index (κ2) is 11.1. The average molecular weight is 416 g/mol. The molecule has 0 aromatic carbocycles. The Labute approximate surface area is 180 Å². The van der Waals surface area contributed by atoms with Gasteiger partial charge in [0.05, 0.1) is 0 Å². The van der Waals surface area contributed by atoms with Gasteiger partial charge in [-0.15, -0.1) is 0 Å². The number of carbonyl (C=O) groups excluding carboxylic acids is 1. The number of piperazine rings is 1. The molecule has 0 atom stereocenters. The van der Waals surface area contributed by atoms with Crippen LogP contribution in [-0.2, 0) is 4.79 Å². The number of amides is 1. The van der Waals surface area contributed by atoms with Crippen LogP contribution in [0.2, 0.25) is 0 Å². The van der Waals surface area contributed by atoms with Crippen molar-refractivity contribution in [2.75, 3.05) is 58.3 Å². The molecule has 1 aliphatic heterocycles. The molecule has 166 valence electrons. The van der Waals surface area contributed by atoms with Crippen molar-refractivity contribution in [3.63, 3.8) is 0 Å². The van der Waals surface area contributed by atoms with Gasteiger partial charge in [-0.05, 0) is 30.7 Å². The van der Waals surface area contributed by atoms with Crippen LogP contribution in [0.15, 0.2) is 23.5 Å². The molecule has 0 bridgehead atoms. The zero-order chi connectivity index (χ0) is 21.3. The third-order valence-corrected chi connectivity index (χ3v) is 6.33. The predicted molar refractivity (Wildman–Crippen MR) is 121 cm³/mol. The quantitative estimate of drug-likeness (QED) is 0.564. The number of anilines is 1. The van der Waals surface area contributed by atoms with Gasteiger partial charge < -0.3 is 20.0 Å². The van der Waals surface area contributed by atoms with Crippen LogP contribution >= 0.6 is 0 Å². The molecule has 2 fully saturated rings. The van der Waals surface area contributed by atoms with Gasteiger partial charge in [0.15, 0.2) is 5.96 Å². The van der Waals surface area contributed by atoms with Crippen LogP contribution in [0.5, 0.6) is 0 Å². The molecule has 0 unspecified atom stereocenters. The van der Waals surface area contributed by atoms with E-state index in [9.17, 15) is 4.79 Å². The SMILES string of the molecule is CN=C(NCCC(=O)N1CCN(c2ncccn2)CC1)N(C)CC1CCC(C)CC1. The van der Waals surface area contributed by atoms with Crippen LogP contribution in [0.1, 0.15) is 39.0 Å². The number of hydrogen-bond donors (Lipinski definition) is 1. The lowest BCUT2D eigenvalue weighted by atomic mass is 9.83. The lowest BCUT2D eigenvalue weighted by molar-refractivity contribution is -0.131. The minimum atomic E-state index is 0.190. The number of nitrogens with one attached hydrogen (secondary N) is 1. The van der Waals surface area contributed by atoms with Crippen molar-refractivity contribution in [2.45, 2.75) is 39.0 Å². The average Bonchev–Trinajstić information content (AvgIpc) is 2.78. The fourth-order valence-electron chi connectivity index (χ4n) is 4.42. The van der Waals surface area contributed by atoms with Gasteiger partial charge in [-0.25, -0.2) is 9.97 Å². The minimum absolute atomic E-state index is 0.190. The van der Waals surface area contributed by atoms with Gasteiger partial charge >= 0.3 is 0 Å². The third-order valence-electron chi connectivity index (χ3n) is 6.33. The topological polar surface area (TPSA) is 77.0 Å². The molecule has 1 aliphatic carbocycles. The van der Waals surface area contributed by atoms with Crippen molar-refractivity contribution in [2.24, 2.45) is 16.8 Å². The van der Waals surface area contributed by atoms with Crippen molar-refractivity contribution in [3.8, 4) is 0 Å². The molecule has 1 saturated carbocycles. The highest BCUT2D eigenvalue weighted by Crippen LogP contribution is 2.28. The van der Waals surface area contributed by atoms with Crippen molar-refractivity contribution in [3.05, 3.63) is 18.5 Å². The largest absolute Gasteiger partial charge is 0.356 e. The molecule has 0 radical (unpaired) electrons. The van der Waals surface area contributed by atoms with Crippen LogP contribution in [0.3, 0.4) is 0 Å². The molecule has 1 N–H and O–H groups in total. The van der Waals surface area contributed by atoms with E-state index in [1.807, 2.05) is 18.0 Å². The first kappa shape index (κ1) is 22.3. The summed E-state index contributed by atoms with van der Waals surface area (Å²) in [6.07, 6.45) is 9.28. The Balaban J connectivity index is 1.36. The molecule has 1 saturated heterocycles. The maximum absolute atomic E-state index is 12.6. The Morgan fingerprint density at radius 3 is 2.47 bits per heavy atom. The first-order valence-corrected chi connectivity index (χ1v) is 11.3. The summed E-state index contributed by atoms with van der Waals surface area (Å²) in [5.74, 6) is 3.43. The van der Waals surface area contributed by atoms with Gasteiger partial charge in [0.25, 0.3) is 0 Å². The Morgan fingerprint density at radius 1 is 1.17 bits per heavy atom. The van der Waals surface area contributed by atoms with Crippen molar-refractivity contribution < 1.29 is 4.79 Å². The molecular weight excluding hydrogens is 378 g/mol. The molecule has 30 heavy (non-hydrogen) atoms. The van der Waals surface area contributed by atoms with Crippen LogP contribution in [-0.4, -0.2) is 85.0 Å². The highest BCUT2D eigenvalue weighted by atomic mass is 16.2. The lowest BCUT2D eigenvalue weighted by Gasteiger charge is -2.35. The van der Waals surface area contributed by atoms with Gasteiger partial charge in [-0.3, -0.25) is 9.79 Å². The number of hydrogen-bond acceptors (Lipinski definition) is 5. The fourth-order valence-corrected chi connectivity index (χ4v) is 4.42. The molecule has 2 aliphatic rings. The molecule has 8 nitrogen and oxygen atoms in total. The highest BCUT2D eigenvalue weighted by Gasteiger charge is 2.23. The monoisotopic (exact) mass is 415 g/mol. The van der Waals surface area contributed by atoms with E-state index in [1.54, 1.807) is 12.4 Å². The first-order chi connectivity index (χ1) is 14.6. The van der Waals surface area contributed by atoms with E-state index in [4.69, 9.17) is 0 Å². The summed E-state index contributed by atoms with van der Waals surface area (Å²) in [6, 6.07) is 1.82. The highest BCUT2D eigenvalue weighted by molar-refractivity contribution is 5.81. The molecule has 2 heterocycles. The Kier molecular flexibility index (Phi) is 8.28. The summed E-state index contributed by atoms with van der Waals surface area (Å²) in [5, 5.41) is 3.37. The predicted octanol–water partition coefficient (Wildman–Crippen LogP) is 1.85. The molecule has 1 aromatic heterocycles. The number of aromatic nitrogens is 2. The normalized spacial score (nSPS) is 22.7. The van der Waals surface area contributed by atoms with Crippen molar-refractivity contribution >= 4 is 17.8 Å². The van der Waals surface area contributed by atoms with Gasteiger partial charge in [0.2, 0.25) is 11.9 Å². The lowest BCUT2D eigenvalue weighted by Crippen LogP contribution is -2.50. The maximum atomic E-state index is 12.6. The Bertz CT molecular complexity index is 680. The summed E-state index contributed by atoms with van der Waals surface area (Å²) in [4.78, 5) is 31.9. The fraction of sp³-hybridized carbons (Fsp3) is 0.727. The third kappa shape index (κ3) is 6.31. The number of aliphatic imine (C=N–C) groups is 1. The van der Waals surface area contributed by atoms with E-state index in [0.29, 0.717) is 26.1 Å². The molecule has 1 aromatic rings. The van der Waals surface area contributed by atoms with Crippen LogP contribution in [0.25, 0.3) is 0 Å². The smallest absolute Gasteiger partial charge is 0.225 e. The van der Waals surface area contributed by atoms with Crippen molar-refractivity contribution in [1.29, 1.82) is 0 Å². The summed E-state index contributed by atoms with van der Waals surface area (Å²) in [6.45, 7) is 6.97. The Morgan fingerprint density at radius 2 is 1.83 bits per heavy atom. The standard InChI is InChI=1S/C22H37N7O/c1-18-5-7-19(8-6-18)17-27(3)21(23-2)26-12-9-20(30)28-13-15-29(16-14-28)22-24-10-4-11-25-22/h4,10-11,18-19H,5-9,12-17H2,1-3H3,(H,23,26). The van der Waals surface area contributed by atoms with Gasteiger partial charge in [0.1, 0.15) is 0 Å². The summed E-state index contributed by atoms with van der Waals surface area (Å²) < 4.78 is 0. The zero-order valence-electron chi connectivity index (χ0n) is 18.8. The van der Waals surface area contributed by atoms with Gasteiger partial charge in [-0.2, -0.15) is 0 Å². The molecule has 1 amide bonds. The van der Waals surface area contributed by atoms with Gasteiger partial charge in [0, 0.05) is 72.2 Å². The zero-order valence-corrected chi connectivity index (χ0v) is 18.8. The van der Waals surface area contributed by atoms with E-state index in [1.165, 1.54) is 25.7 Å². The summed E-state index contributed by atoms with van der Waals surface area (Å²) in [5.41, 5.74) is 0. The van der Waals surface area contributed by atoms with Crippen LogP contribution < -0.4 is 10.2 Å². The molecule has 0 spiro atoms. The first-order valence-electron chi connectivity index (χ1n) is 11.3. The Hall–Kier alpha value is -2.38. The molecular formula is C22H37N7O. The maximum Gasteiger partial charge on any atom is 0.225 e. The number of carbonyl (C=O) groups is 1. The van der Waals surface area contributed by atoms with E-state index in [-0.39, 0.29) is 5.91 Å². The number of guanidine groups is 1. The van der Waals surface area contributed by atoms with Crippen LogP contribution in [0.4, 0.5) is 5.95 Å².